The van der Waals surface area contributed by atoms with Gasteiger partial charge >= 0.3 is 0 Å². The predicted molar refractivity (Wildman–Crippen MR) is 63.9 cm³/mol. The standard InChI is InChI=1S/C9H13N5O2S/c1-3-14(2)12-9-11-7-4-5-10-6-8(7)17(15,16)13-9/h4-6H,3H2,1-2H3,(H2,11,12,13). The lowest BCUT2D eigenvalue weighted by atomic mass is 10.4. The Bertz CT molecular complexity index is 554. The number of hydrazine groups is 1. The third kappa shape index (κ3) is 2.37. The van der Waals surface area contributed by atoms with E-state index >= 15 is 0 Å². The zero-order valence-corrected chi connectivity index (χ0v) is 10.3. The third-order valence-electron chi connectivity index (χ3n) is 2.30. The van der Waals surface area contributed by atoms with Crippen molar-refractivity contribution in [1.29, 1.82) is 0 Å². The van der Waals surface area contributed by atoms with E-state index in [1.54, 1.807) is 18.1 Å². The summed E-state index contributed by atoms with van der Waals surface area (Å²) in [5.74, 6) is 0.188. The fraction of sp³-hybridized carbons (Fsp3) is 0.333. The fourth-order valence-corrected chi connectivity index (χ4v) is 2.33. The molecule has 0 atom stereocenters. The van der Waals surface area contributed by atoms with E-state index in [4.69, 9.17) is 0 Å². The highest BCUT2D eigenvalue weighted by Gasteiger charge is 2.25. The molecule has 1 aliphatic rings. The van der Waals surface area contributed by atoms with Crippen molar-refractivity contribution in [2.75, 3.05) is 18.9 Å². The molecule has 0 unspecified atom stereocenters. The van der Waals surface area contributed by atoms with Crippen LogP contribution in [0.4, 0.5) is 5.69 Å². The van der Waals surface area contributed by atoms with Gasteiger partial charge in [-0.1, -0.05) is 6.92 Å². The van der Waals surface area contributed by atoms with Crippen molar-refractivity contribution < 1.29 is 8.42 Å². The Balaban J connectivity index is 2.35. The van der Waals surface area contributed by atoms with Gasteiger partial charge in [-0.25, -0.2) is 5.01 Å². The van der Waals surface area contributed by atoms with E-state index in [0.29, 0.717) is 12.2 Å². The van der Waals surface area contributed by atoms with E-state index in [1.165, 1.54) is 12.4 Å². The largest absolute Gasteiger partial charge is 0.323 e. The van der Waals surface area contributed by atoms with E-state index in [2.05, 4.69) is 20.1 Å². The molecular formula is C9H13N5O2S. The quantitative estimate of drug-likeness (QED) is 0.724. The molecule has 0 aromatic carbocycles. The second-order valence-electron chi connectivity index (χ2n) is 3.54. The Hall–Kier alpha value is -1.67. The van der Waals surface area contributed by atoms with Crippen molar-refractivity contribution in [1.82, 2.24) is 15.4 Å². The minimum atomic E-state index is -3.67. The van der Waals surface area contributed by atoms with Crippen LogP contribution in [0.1, 0.15) is 6.92 Å². The summed E-state index contributed by atoms with van der Waals surface area (Å²) in [6.45, 7) is 2.65. The zero-order valence-electron chi connectivity index (χ0n) is 9.51. The molecule has 2 rings (SSSR count). The maximum Gasteiger partial charge on any atom is 0.289 e. The van der Waals surface area contributed by atoms with Gasteiger partial charge in [-0.05, 0) is 6.07 Å². The molecule has 0 spiro atoms. The van der Waals surface area contributed by atoms with Crippen LogP contribution in [-0.4, -0.2) is 38.0 Å². The molecule has 1 aliphatic heterocycles. The summed E-state index contributed by atoms with van der Waals surface area (Å²) in [4.78, 5) is 3.86. The highest BCUT2D eigenvalue weighted by molar-refractivity contribution is 7.90. The van der Waals surface area contributed by atoms with Gasteiger partial charge in [0, 0.05) is 26.0 Å². The molecule has 0 fully saturated rings. The molecule has 0 saturated heterocycles. The molecule has 0 bridgehead atoms. The first-order chi connectivity index (χ1) is 8.03. The van der Waals surface area contributed by atoms with Gasteiger partial charge in [-0.3, -0.25) is 10.4 Å². The lowest BCUT2D eigenvalue weighted by molar-refractivity contribution is 0.309. The second kappa shape index (κ2) is 4.30. The van der Waals surface area contributed by atoms with Gasteiger partial charge in [0.25, 0.3) is 10.0 Å². The Morgan fingerprint density at radius 3 is 3.00 bits per heavy atom. The predicted octanol–water partition coefficient (Wildman–Crippen LogP) is 0.00810. The van der Waals surface area contributed by atoms with Crippen molar-refractivity contribution in [3.8, 4) is 0 Å². The number of hydrogen-bond donors (Lipinski definition) is 2. The van der Waals surface area contributed by atoms with Crippen LogP contribution in [0.25, 0.3) is 0 Å². The molecule has 0 amide bonds. The third-order valence-corrected chi connectivity index (χ3v) is 3.60. The Morgan fingerprint density at radius 2 is 2.29 bits per heavy atom. The van der Waals surface area contributed by atoms with Gasteiger partial charge in [0.15, 0.2) is 0 Å². The van der Waals surface area contributed by atoms with Crippen molar-refractivity contribution in [3.05, 3.63) is 18.5 Å². The molecule has 2 heterocycles. The van der Waals surface area contributed by atoms with Crippen molar-refractivity contribution in [2.24, 2.45) is 4.40 Å². The molecule has 7 nitrogen and oxygen atoms in total. The number of anilines is 1. The number of sulfonamides is 1. The molecule has 17 heavy (non-hydrogen) atoms. The van der Waals surface area contributed by atoms with E-state index in [-0.39, 0.29) is 10.9 Å². The Morgan fingerprint density at radius 1 is 1.53 bits per heavy atom. The van der Waals surface area contributed by atoms with Gasteiger partial charge < -0.3 is 5.32 Å². The fourth-order valence-electron chi connectivity index (χ4n) is 1.32. The highest BCUT2D eigenvalue weighted by Crippen LogP contribution is 2.24. The topological polar surface area (TPSA) is 86.7 Å². The Kier molecular flexibility index (Phi) is 2.99. The van der Waals surface area contributed by atoms with Gasteiger partial charge in [0.2, 0.25) is 5.96 Å². The van der Waals surface area contributed by atoms with E-state index in [0.717, 1.165) is 0 Å². The number of guanidine groups is 1. The lowest BCUT2D eigenvalue weighted by Gasteiger charge is -2.22. The van der Waals surface area contributed by atoms with Crippen LogP contribution < -0.4 is 10.7 Å². The van der Waals surface area contributed by atoms with Crippen molar-refractivity contribution >= 4 is 21.7 Å². The lowest BCUT2D eigenvalue weighted by Crippen LogP contribution is -2.44. The minimum Gasteiger partial charge on any atom is -0.323 e. The summed E-state index contributed by atoms with van der Waals surface area (Å²) in [6, 6.07) is 1.59. The molecular weight excluding hydrogens is 242 g/mol. The van der Waals surface area contributed by atoms with E-state index in [1.807, 2.05) is 6.92 Å². The van der Waals surface area contributed by atoms with Gasteiger partial charge in [-0.15, -0.1) is 4.40 Å². The molecule has 0 radical (unpaired) electrons. The SMILES string of the molecule is CCN(C)NC1=NS(=O)(=O)c2cnccc2N1. The van der Waals surface area contributed by atoms with Crippen LogP contribution in [-0.2, 0) is 10.0 Å². The number of pyridine rings is 1. The van der Waals surface area contributed by atoms with Gasteiger partial charge in [0.1, 0.15) is 4.90 Å². The summed E-state index contributed by atoms with van der Waals surface area (Å²) in [5, 5.41) is 4.61. The molecule has 0 saturated carbocycles. The van der Waals surface area contributed by atoms with Crippen LogP contribution in [0.15, 0.2) is 27.8 Å². The summed E-state index contributed by atoms with van der Waals surface area (Å²) >= 11 is 0. The van der Waals surface area contributed by atoms with Crippen LogP contribution in [0.2, 0.25) is 0 Å². The van der Waals surface area contributed by atoms with Crippen LogP contribution in [0.3, 0.4) is 0 Å². The van der Waals surface area contributed by atoms with Crippen LogP contribution >= 0.6 is 0 Å². The molecule has 8 heteroatoms. The van der Waals surface area contributed by atoms with Crippen molar-refractivity contribution in [2.45, 2.75) is 11.8 Å². The number of nitrogens with one attached hydrogen (secondary N) is 2. The number of aromatic nitrogens is 1. The number of nitrogens with zero attached hydrogens (tertiary/aromatic N) is 3. The summed E-state index contributed by atoms with van der Waals surface area (Å²) in [7, 11) is -1.88. The highest BCUT2D eigenvalue weighted by atomic mass is 32.2. The van der Waals surface area contributed by atoms with Gasteiger partial charge in [0.05, 0.1) is 5.69 Å². The average Bonchev–Trinajstić information content (AvgIpc) is 2.28. The zero-order chi connectivity index (χ0) is 12.5. The first-order valence-electron chi connectivity index (χ1n) is 5.06. The normalized spacial score (nSPS) is 17.0. The van der Waals surface area contributed by atoms with Crippen molar-refractivity contribution in [3.63, 3.8) is 0 Å². The molecule has 2 N–H and O–H groups in total. The smallest absolute Gasteiger partial charge is 0.289 e. The maximum atomic E-state index is 11.8. The summed E-state index contributed by atoms with van der Waals surface area (Å²) < 4.78 is 27.3. The number of hydrogen-bond acceptors (Lipinski definition) is 6. The molecule has 92 valence electrons. The van der Waals surface area contributed by atoms with E-state index < -0.39 is 10.0 Å². The monoisotopic (exact) mass is 255 g/mol. The van der Waals surface area contributed by atoms with Crippen LogP contribution in [0, 0.1) is 0 Å². The first-order valence-corrected chi connectivity index (χ1v) is 6.50. The Labute approximate surface area is 99.6 Å². The summed E-state index contributed by atoms with van der Waals surface area (Å²) in [6.07, 6.45) is 2.80. The van der Waals surface area contributed by atoms with Gasteiger partial charge in [-0.2, -0.15) is 8.42 Å². The van der Waals surface area contributed by atoms with E-state index in [9.17, 15) is 8.42 Å². The second-order valence-corrected chi connectivity index (χ2v) is 5.11. The molecule has 0 aliphatic carbocycles. The average molecular weight is 255 g/mol. The number of rotatable bonds is 2. The first kappa shape index (κ1) is 11.8. The van der Waals surface area contributed by atoms with Crippen LogP contribution in [0.5, 0.6) is 0 Å². The maximum absolute atomic E-state index is 11.8. The summed E-state index contributed by atoms with van der Waals surface area (Å²) in [5.41, 5.74) is 3.31. The molecule has 1 aromatic rings. The minimum absolute atomic E-state index is 0.0877. The number of fused-ring (bicyclic) bond motifs is 1. The molecule has 1 aromatic heterocycles.